The fourth-order valence-electron chi connectivity index (χ4n) is 3.66. The summed E-state index contributed by atoms with van der Waals surface area (Å²) in [7, 11) is 0. The molecule has 2 N–H and O–H groups in total. The lowest BCUT2D eigenvalue weighted by atomic mass is 10.0. The highest BCUT2D eigenvalue weighted by molar-refractivity contribution is 6.08. The molecule has 0 fully saturated rings. The number of anilines is 1. The molecule has 0 saturated heterocycles. The Morgan fingerprint density at radius 1 is 1.14 bits per heavy atom. The Balaban J connectivity index is 1.78. The molecule has 4 rings (SSSR count). The predicted octanol–water partition coefficient (Wildman–Crippen LogP) is 5.14. The van der Waals surface area contributed by atoms with Crippen LogP contribution in [0, 0.1) is 0 Å². The number of aromatic nitrogens is 4. The van der Waals surface area contributed by atoms with Crippen molar-refractivity contribution in [1.29, 1.82) is 0 Å². The van der Waals surface area contributed by atoms with Gasteiger partial charge in [-0.2, -0.15) is 0 Å². The number of halogens is 5. The highest BCUT2D eigenvalue weighted by Gasteiger charge is 2.31. The molecule has 0 radical (unpaired) electrons. The highest BCUT2D eigenvalue weighted by Crippen LogP contribution is 2.35. The lowest BCUT2D eigenvalue weighted by Crippen LogP contribution is -2.17. The first-order chi connectivity index (χ1) is 17.1. The largest absolute Gasteiger partial charge is 0.573 e. The van der Waals surface area contributed by atoms with Crippen molar-refractivity contribution in [3.05, 3.63) is 66.5 Å². The summed E-state index contributed by atoms with van der Waals surface area (Å²) in [4.78, 5) is 24.9. The first-order valence-corrected chi connectivity index (χ1v) is 10.4. The van der Waals surface area contributed by atoms with E-state index in [9.17, 15) is 31.9 Å². The van der Waals surface area contributed by atoms with Gasteiger partial charge in [0.15, 0.2) is 5.82 Å². The third kappa shape index (κ3) is 5.25. The number of nitrogens with zero attached hydrogens (tertiary/aromatic N) is 4. The van der Waals surface area contributed by atoms with Crippen molar-refractivity contribution in [1.82, 2.24) is 19.5 Å². The van der Waals surface area contributed by atoms with Crippen LogP contribution in [0.25, 0.3) is 22.2 Å². The summed E-state index contributed by atoms with van der Waals surface area (Å²) >= 11 is 0. The number of ether oxygens (including phenoxy) is 1. The number of fused-ring (bicyclic) bond motifs is 1. The van der Waals surface area contributed by atoms with Gasteiger partial charge in [-0.05, 0) is 43.3 Å². The molecule has 188 valence electrons. The van der Waals surface area contributed by atoms with Crippen molar-refractivity contribution >= 4 is 22.6 Å². The van der Waals surface area contributed by atoms with Crippen molar-refractivity contribution in [3.8, 4) is 16.9 Å². The van der Waals surface area contributed by atoms with Crippen LogP contribution >= 0.6 is 0 Å². The molecule has 1 atom stereocenters. The highest BCUT2D eigenvalue weighted by atomic mass is 19.4. The second kappa shape index (κ2) is 9.85. The summed E-state index contributed by atoms with van der Waals surface area (Å²) in [6.45, 7) is 1.11. The van der Waals surface area contributed by atoms with Crippen LogP contribution in [0.2, 0.25) is 0 Å². The van der Waals surface area contributed by atoms with E-state index in [2.05, 4.69) is 25.0 Å². The second-order valence-corrected chi connectivity index (χ2v) is 7.72. The molecule has 2 aromatic carbocycles. The number of carbonyl (C=O) groups excluding carboxylic acids is 1. The fourth-order valence-corrected chi connectivity index (χ4v) is 3.66. The van der Waals surface area contributed by atoms with Crippen LogP contribution in [0.15, 0.2) is 55.1 Å². The summed E-state index contributed by atoms with van der Waals surface area (Å²) in [5.41, 5.74) is 1.29. The first-order valence-electron chi connectivity index (χ1n) is 10.4. The molecule has 36 heavy (non-hydrogen) atoms. The van der Waals surface area contributed by atoms with Gasteiger partial charge in [0.25, 0.3) is 12.3 Å². The van der Waals surface area contributed by atoms with Crippen LogP contribution in [0.5, 0.6) is 5.75 Å². The second-order valence-electron chi connectivity index (χ2n) is 7.72. The Morgan fingerprint density at radius 3 is 2.39 bits per heavy atom. The van der Waals surface area contributed by atoms with Crippen molar-refractivity contribution in [2.24, 2.45) is 0 Å². The molecule has 0 aliphatic carbocycles. The monoisotopic (exact) mass is 507 g/mol. The minimum atomic E-state index is -4.86. The summed E-state index contributed by atoms with van der Waals surface area (Å²) in [5.74, 6) is -1.71. The molecule has 13 heteroatoms. The Morgan fingerprint density at radius 2 is 1.81 bits per heavy atom. The topological polar surface area (TPSA) is 102 Å². The Bertz CT molecular complexity index is 1380. The van der Waals surface area contributed by atoms with E-state index >= 15 is 0 Å². The third-order valence-electron chi connectivity index (χ3n) is 5.19. The van der Waals surface area contributed by atoms with Gasteiger partial charge in [0.2, 0.25) is 0 Å². The molecule has 0 aliphatic heterocycles. The van der Waals surface area contributed by atoms with Gasteiger partial charge < -0.3 is 19.7 Å². The molecule has 0 saturated carbocycles. The van der Waals surface area contributed by atoms with Crippen molar-refractivity contribution < 1.29 is 36.6 Å². The number of hydrogen-bond acceptors (Lipinski definition) is 6. The fraction of sp³-hybridized carbons (Fsp3) is 0.217. The van der Waals surface area contributed by atoms with Gasteiger partial charge in [0.1, 0.15) is 12.1 Å². The zero-order valence-electron chi connectivity index (χ0n) is 18.5. The Hall–Kier alpha value is -4.13. The third-order valence-corrected chi connectivity index (χ3v) is 5.19. The van der Waals surface area contributed by atoms with E-state index in [0.29, 0.717) is 11.1 Å². The van der Waals surface area contributed by atoms with Crippen LogP contribution in [0.3, 0.4) is 0 Å². The number of rotatable bonds is 7. The number of hydrogen-bond donors (Lipinski definition) is 2. The van der Waals surface area contributed by atoms with E-state index in [-0.39, 0.29) is 22.3 Å². The van der Waals surface area contributed by atoms with E-state index in [4.69, 9.17) is 0 Å². The van der Waals surface area contributed by atoms with Gasteiger partial charge >= 0.3 is 6.36 Å². The first kappa shape index (κ1) is 25.0. The zero-order valence-corrected chi connectivity index (χ0v) is 18.5. The van der Waals surface area contributed by atoms with Gasteiger partial charge in [0.05, 0.1) is 23.7 Å². The lowest BCUT2D eigenvalue weighted by Gasteiger charge is -2.17. The molecule has 0 aliphatic rings. The van der Waals surface area contributed by atoms with Crippen LogP contribution in [-0.2, 0) is 0 Å². The van der Waals surface area contributed by atoms with Gasteiger partial charge in [-0.15, -0.1) is 13.2 Å². The number of benzene rings is 2. The van der Waals surface area contributed by atoms with E-state index in [1.807, 2.05) is 0 Å². The predicted molar refractivity (Wildman–Crippen MR) is 119 cm³/mol. The van der Waals surface area contributed by atoms with E-state index in [1.54, 1.807) is 6.92 Å². The molecule has 2 aromatic heterocycles. The molecule has 1 amide bonds. The number of aliphatic hydroxyl groups excluding tert-OH is 1. The zero-order chi connectivity index (χ0) is 26.0. The van der Waals surface area contributed by atoms with Crippen LogP contribution < -0.4 is 10.1 Å². The number of aliphatic hydroxyl groups is 1. The molecule has 0 bridgehead atoms. The van der Waals surface area contributed by atoms with Crippen LogP contribution in [-0.4, -0.2) is 43.5 Å². The molecule has 0 spiro atoms. The lowest BCUT2D eigenvalue weighted by molar-refractivity contribution is -0.274. The maximum Gasteiger partial charge on any atom is 0.573 e. The molecular weight excluding hydrogens is 489 g/mol. The molecule has 8 nitrogen and oxygen atoms in total. The minimum absolute atomic E-state index is 0.0408. The van der Waals surface area contributed by atoms with Crippen LogP contribution in [0.1, 0.15) is 35.6 Å². The van der Waals surface area contributed by atoms with Gasteiger partial charge in [-0.1, -0.05) is 0 Å². The number of imidazole rings is 1. The molecule has 2 heterocycles. The standard InChI is InChI=1S/C23H18F5N5O3/c1-12(10-34)33-19-17(14-8-29-11-30-9-14)6-13(7-18(19)32-21(33)20(24)25)22(35)31-15-2-4-16(5-3-15)36-23(26,27)28/h2-9,11-12,20,34H,10H2,1H3,(H,31,35)/t12-/m1/s1. The smallest absolute Gasteiger partial charge is 0.406 e. The Labute approximate surface area is 200 Å². The summed E-state index contributed by atoms with van der Waals surface area (Å²) in [6.07, 6.45) is -3.66. The normalized spacial score (nSPS) is 12.7. The quantitative estimate of drug-likeness (QED) is 0.336. The molecule has 4 aromatic rings. The average Bonchev–Trinajstić information content (AvgIpc) is 3.24. The minimum Gasteiger partial charge on any atom is -0.406 e. The molecular formula is C23H18F5N5O3. The number of alkyl halides is 5. The SMILES string of the molecule is C[C@H](CO)n1c(C(F)F)nc2cc(C(=O)Nc3ccc(OC(F)(F)F)cc3)cc(-c3cncnc3)c21. The number of amides is 1. The Kier molecular flexibility index (Phi) is 6.84. The van der Waals surface area contributed by atoms with Crippen LogP contribution in [0.4, 0.5) is 27.6 Å². The van der Waals surface area contributed by atoms with Gasteiger partial charge in [-0.3, -0.25) is 4.79 Å². The van der Waals surface area contributed by atoms with Crippen molar-refractivity contribution in [2.75, 3.05) is 11.9 Å². The van der Waals surface area contributed by atoms with E-state index in [0.717, 1.165) is 12.1 Å². The number of nitrogens with one attached hydrogen (secondary N) is 1. The van der Waals surface area contributed by atoms with Gasteiger partial charge in [-0.25, -0.2) is 23.7 Å². The summed E-state index contributed by atoms with van der Waals surface area (Å²) in [5, 5.41) is 12.2. The van der Waals surface area contributed by atoms with E-state index < -0.39 is 42.9 Å². The summed E-state index contributed by atoms with van der Waals surface area (Å²) < 4.78 is 69.8. The van der Waals surface area contributed by atoms with Crippen molar-refractivity contribution in [3.63, 3.8) is 0 Å². The van der Waals surface area contributed by atoms with E-state index in [1.165, 1.54) is 47.6 Å². The van der Waals surface area contributed by atoms with Gasteiger partial charge in [0, 0.05) is 34.8 Å². The summed E-state index contributed by atoms with van der Waals surface area (Å²) in [6, 6.07) is 6.50. The van der Waals surface area contributed by atoms with Crippen molar-refractivity contribution in [2.45, 2.75) is 25.8 Å². The number of carbonyl (C=O) groups is 1. The maximum absolute atomic E-state index is 13.8. The average molecular weight is 507 g/mol. The molecule has 0 unspecified atom stereocenters. The maximum atomic E-state index is 13.8.